The van der Waals surface area contributed by atoms with Crippen molar-refractivity contribution in [2.45, 2.75) is 32.2 Å². The molecule has 0 aliphatic heterocycles. The Labute approximate surface area is 119 Å². The maximum Gasteiger partial charge on any atom is 0.220 e. The van der Waals surface area contributed by atoms with Gasteiger partial charge in [-0.3, -0.25) is 4.79 Å². The fraction of sp³-hybridized carbons (Fsp3) is 0.353. The van der Waals surface area contributed by atoms with Gasteiger partial charge in [0.15, 0.2) is 0 Å². The van der Waals surface area contributed by atoms with Crippen molar-refractivity contribution in [3.05, 3.63) is 48.0 Å². The summed E-state index contributed by atoms with van der Waals surface area (Å²) in [4.78, 5) is 11.6. The second-order valence-electron chi connectivity index (χ2n) is 5.19. The van der Waals surface area contributed by atoms with E-state index in [1.807, 2.05) is 12.1 Å². The largest absolute Gasteiger partial charge is 0.394 e. The molecule has 0 unspecified atom stereocenters. The number of carbonyl (C=O) groups excluding carboxylic acids is 1. The van der Waals surface area contributed by atoms with Crippen LogP contribution in [0.4, 0.5) is 0 Å². The van der Waals surface area contributed by atoms with Crippen molar-refractivity contribution < 1.29 is 9.90 Å². The van der Waals surface area contributed by atoms with Crippen LogP contribution in [0.25, 0.3) is 10.8 Å². The third kappa shape index (κ3) is 4.07. The Hall–Kier alpha value is -1.87. The van der Waals surface area contributed by atoms with Crippen molar-refractivity contribution in [3.63, 3.8) is 0 Å². The summed E-state index contributed by atoms with van der Waals surface area (Å²) in [6, 6.07) is 14.5. The summed E-state index contributed by atoms with van der Waals surface area (Å²) < 4.78 is 0. The molecule has 0 heterocycles. The van der Waals surface area contributed by atoms with Crippen molar-refractivity contribution in [1.29, 1.82) is 0 Å². The van der Waals surface area contributed by atoms with E-state index in [0.717, 1.165) is 12.8 Å². The molecule has 0 bridgehead atoms. The maximum atomic E-state index is 11.6. The number of aliphatic hydroxyl groups is 1. The Balaban J connectivity index is 1.85. The quantitative estimate of drug-likeness (QED) is 0.848. The van der Waals surface area contributed by atoms with Crippen molar-refractivity contribution >= 4 is 16.7 Å². The van der Waals surface area contributed by atoms with Gasteiger partial charge in [0, 0.05) is 12.5 Å². The highest BCUT2D eigenvalue weighted by Crippen LogP contribution is 2.16. The number of rotatable bonds is 6. The van der Waals surface area contributed by atoms with Gasteiger partial charge in [-0.2, -0.15) is 0 Å². The lowest BCUT2D eigenvalue weighted by Gasteiger charge is -2.10. The standard InChI is InChI=1S/C17H21NO2/c1-13(12-19)18-17(20)8-4-5-14-9-10-15-6-2-3-7-16(15)11-14/h2-3,6-7,9-11,13,19H,4-5,8,12H2,1H3,(H,18,20)/t13-/m0/s1. The van der Waals surface area contributed by atoms with E-state index in [9.17, 15) is 4.79 Å². The highest BCUT2D eigenvalue weighted by atomic mass is 16.3. The van der Waals surface area contributed by atoms with Crippen LogP contribution in [0.2, 0.25) is 0 Å². The molecule has 1 atom stereocenters. The van der Waals surface area contributed by atoms with E-state index in [1.54, 1.807) is 6.92 Å². The van der Waals surface area contributed by atoms with Crippen molar-refractivity contribution in [3.8, 4) is 0 Å². The third-order valence-corrected chi connectivity index (χ3v) is 3.36. The Kier molecular flexibility index (Phi) is 5.13. The summed E-state index contributed by atoms with van der Waals surface area (Å²) in [7, 11) is 0. The number of aryl methyl sites for hydroxylation is 1. The number of aliphatic hydroxyl groups excluding tert-OH is 1. The topological polar surface area (TPSA) is 49.3 Å². The summed E-state index contributed by atoms with van der Waals surface area (Å²) in [6.45, 7) is 1.78. The van der Waals surface area contributed by atoms with Crippen LogP contribution in [0.1, 0.15) is 25.3 Å². The van der Waals surface area contributed by atoms with Gasteiger partial charge in [0.2, 0.25) is 5.91 Å². The van der Waals surface area contributed by atoms with Crippen molar-refractivity contribution in [1.82, 2.24) is 5.32 Å². The molecule has 0 saturated carbocycles. The van der Waals surface area contributed by atoms with Crippen LogP contribution in [-0.4, -0.2) is 23.7 Å². The molecular weight excluding hydrogens is 250 g/mol. The summed E-state index contributed by atoms with van der Waals surface area (Å²) in [5, 5.41) is 14.1. The first-order valence-electron chi connectivity index (χ1n) is 7.07. The molecule has 1 amide bonds. The number of carbonyl (C=O) groups is 1. The van der Waals surface area contributed by atoms with Gasteiger partial charge in [0.25, 0.3) is 0 Å². The predicted octanol–water partition coefficient (Wildman–Crippen LogP) is 2.66. The fourth-order valence-electron chi connectivity index (χ4n) is 2.24. The normalized spacial score (nSPS) is 12.3. The van der Waals surface area contributed by atoms with Gasteiger partial charge < -0.3 is 10.4 Å². The molecule has 2 aromatic rings. The Morgan fingerprint density at radius 3 is 2.70 bits per heavy atom. The Morgan fingerprint density at radius 1 is 1.20 bits per heavy atom. The molecule has 0 radical (unpaired) electrons. The lowest BCUT2D eigenvalue weighted by molar-refractivity contribution is -0.122. The number of hydrogen-bond acceptors (Lipinski definition) is 2. The van der Waals surface area contributed by atoms with Gasteiger partial charge in [-0.15, -0.1) is 0 Å². The summed E-state index contributed by atoms with van der Waals surface area (Å²) in [5.74, 6) is 0.00680. The van der Waals surface area contributed by atoms with Crippen LogP contribution in [0, 0.1) is 0 Å². The van der Waals surface area contributed by atoms with Crippen LogP contribution in [0.15, 0.2) is 42.5 Å². The summed E-state index contributed by atoms with van der Waals surface area (Å²) in [5.41, 5.74) is 1.26. The predicted molar refractivity (Wildman–Crippen MR) is 81.6 cm³/mol. The van der Waals surface area contributed by atoms with Gasteiger partial charge in [-0.1, -0.05) is 42.5 Å². The first-order chi connectivity index (χ1) is 9.69. The molecule has 0 aromatic heterocycles. The zero-order chi connectivity index (χ0) is 14.4. The molecule has 106 valence electrons. The van der Waals surface area contributed by atoms with E-state index in [-0.39, 0.29) is 18.6 Å². The molecule has 20 heavy (non-hydrogen) atoms. The molecule has 2 rings (SSSR count). The van der Waals surface area contributed by atoms with Crippen LogP contribution >= 0.6 is 0 Å². The molecule has 0 fully saturated rings. The first kappa shape index (κ1) is 14.5. The molecule has 0 saturated heterocycles. The van der Waals surface area contributed by atoms with Gasteiger partial charge >= 0.3 is 0 Å². The molecule has 0 aliphatic carbocycles. The second kappa shape index (κ2) is 7.06. The lowest BCUT2D eigenvalue weighted by Crippen LogP contribution is -2.34. The first-order valence-corrected chi connectivity index (χ1v) is 7.07. The van der Waals surface area contributed by atoms with E-state index in [2.05, 4.69) is 35.6 Å². The van der Waals surface area contributed by atoms with Gasteiger partial charge in [0.1, 0.15) is 0 Å². The molecule has 3 heteroatoms. The molecular formula is C17H21NO2. The van der Waals surface area contributed by atoms with E-state index in [0.29, 0.717) is 6.42 Å². The van der Waals surface area contributed by atoms with E-state index >= 15 is 0 Å². The number of hydrogen-bond donors (Lipinski definition) is 2. The molecule has 2 aromatic carbocycles. The zero-order valence-electron chi connectivity index (χ0n) is 11.8. The zero-order valence-corrected chi connectivity index (χ0v) is 11.8. The highest BCUT2D eigenvalue weighted by Gasteiger charge is 2.06. The second-order valence-corrected chi connectivity index (χ2v) is 5.19. The van der Waals surface area contributed by atoms with Crippen LogP contribution in [-0.2, 0) is 11.2 Å². The minimum Gasteiger partial charge on any atom is -0.394 e. The maximum absolute atomic E-state index is 11.6. The number of benzene rings is 2. The van der Waals surface area contributed by atoms with Crippen LogP contribution in [0.3, 0.4) is 0 Å². The smallest absolute Gasteiger partial charge is 0.220 e. The van der Waals surface area contributed by atoms with E-state index < -0.39 is 0 Å². The number of nitrogens with one attached hydrogen (secondary N) is 1. The summed E-state index contributed by atoms with van der Waals surface area (Å²) >= 11 is 0. The number of amides is 1. The van der Waals surface area contributed by atoms with Gasteiger partial charge in [-0.25, -0.2) is 0 Å². The average Bonchev–Trinajstić information content (AvgIpc) is 2.47. The average molecular weight is 271 g/mol. The molecule has 0 aliphatic rings. The van der Waals surface area contributed by atoms with Gasteiger partial charge in [0.05, 0.1) is 6.61 Å². The monoisotopic (exact) mass is 271 g/mol. The summed E-state index contributed by atoms with van der Waals surface area (Å²) in [6.07, 6.45) is 2.21. The molecule has 2 N–H and O–H groups in total. The van der Waals surface area contributed by atoms with Crippen LogP contribution in [0.5, 0.6) is 0 Å². The van der Waals surface area contributed by atoms with Gasteiger partial charge in [-0.05, 0) is 36.1 Å². The Morgan fingerprint density at radius 2 is 1.95 bits per heavy atom. The molecule has 3 nitrogen and oxygen atoms in total. The molecule has 0 spiro atoms. The fourth-order valence-corrected chi connectivity index (χ4v) is 2.24. The SMILES string of the molecule is C[C@@H](CO)NC(=O)CCCc1ccc2ccccc2c1. The minimum absolute atomic E-state index is 0.00680. The van der Waals surface area contributed by atoms with E-state index in [1.165, 1.54) is 16.3 Å². The third-order valence-electron chi connectivity index (χ3n) is 3.36. The van der Waals surface area contributed by atoms with Crippen molar-refractivity contribution in [2.75, 3.05) is 6.61 Å². The van der Waals surface area contributed by atoms with Crippen LogP contribution < -0.4 is 5.32 Å². The lowest BCUT2D eigenvalue weighted by atomic mass is 10.0. The Bertz CT molecular complexity index is 580. The minimum atomic E-state index is -0.164. The highest BCUT2D eigenvalue weighted by molar-refractivity contribution is 5.83. The van der Waals surface area contributed by atoms with E-state index in [4.69, 9.17) is 5.11 Å². The number of fused-ring (bicyclic) bond motifs is 1. The van der Waals surface area contributed by atoms with Crippen molar-refractivity contribution in [2.24, 2.45) is 0 Å².